The van der Waals surface area contributed by atoms with Gasteiger partial charge in [0.2, 0.25) is 5.75 Å². The summed E-state index contributed by atoms with van der Waals surface area (Å²) in [5, 5.41) is 0. The molecule has 31 heavy (non-hydrogen) atoms. The fraction of sp³-hybridized carbons (Fsp3) is 0.417. The Morgan fingerprint density at radius 3 is 2.03 bits per heavy atom. The minimum absolute atomic E-state index is 0.140. The van der Waals surface area contributed by atoms with Gasteiger partial charge in [-0.3, -0.25) is 0 Å². The van der Waals surface area contributed by atoms with Crippen molar-refractivity contribution in [3.8, 4) is 16.9 Å². The smallest absolute Gasteiger partial charge is 0.399 e. The molecule has 1 saturated carbocycles. The highest BCUT2D eigenvalue weighted by Crippen LogP contribution is 2.38. The molecule has 0 aliphatic heterocycles. The molecule has 0 radical (unpaired) electrons. The first-order valence-electron chi connectivity index (χ1n) is 10.3. The van der Waals surface area contributed by atoms with E-state index in [4.69, 9.17) is 0 Å². The van der Waals surface area contributed by atoms with Crippen LogP contribution in [0.1, 0.15) is 50.0 Å². The van der Waals surface area contributed by atoms with E-state index < -0.39 is 30.4 Å². The Balaban J connectivity index is 1.63. The van der Waals surface area contributed by atoms with E-state index in [9.17, 15) is 26.3 Å². The summed E-state index contributed by atoms with van der Waals surface area (Å²) >= 11 is 0. The average molecular weight is 442 g/mol. The maximum absolute atomic E-state index is 14.0. The molecule has 1 aliphatic carbocycles. The summed E-state index contributed by atoms with van der Waals surface area (Å²) in [5.74, 6) is -3.22. The summed E-state index contributed by atoms with van der Waals surface area (Å²) in [4.78, 5) is 0. The third kappa shape index (κ3) is 6.52. The van der Waals surface area contributed by atoms with E-state index >= 15 is 0 Å². The minimum Gasteiger partial charge on any atom is -0.399 e. The number of alkyl halides is 4. The average Bonchev–Trinajstić information content (AvgIpc) is 2.74. The van der Waals surface area contributed by atoms with Crippen LogP contribution in [0.25, 0.3) is 11.1 Å². The van der Waals surface area contributed by atoms with Crippen molar-refractivity contribution in [2.45, 2.75) is 50.8 Å². The van der Waals surface area contributed by atoms with Crippen LogP contribution < -0.4 is 4.74 Å². The van der Waals surface area contributed by atoms with Gasteiger partial charge in [-0.15, -0.1) is 13.2 Å². The number of halogens is 6. The number of benzene rings is 2. The molecule has 1 nitrogen and oxygen atoms in total. The molecule has 2 aromatic rings. The summed E-state index contributed by atoms with van der Waals surface area (Å²) in [6.07, 6.45) is 4.52. The van der Waals surface area contributed by atoms with E-state index in [-0.39, 0.29) is 5.56 Å². The Bertz CT molecular complexity index is 857. The topological polar surface area (TPSA) is 9.23 Å². The monoisotopic (exact) mass is 442 g/mol. The fourth-order valence-corrected chi connectivity index (χ4v) is 4.18. The Hall–Kier alpha value is -2.44. The number of hydrogen-bond acceptors (Lipinski definition) is 1. The van der Waals surface area contributed by atoms with Crippen molar-refractivity contribution >= 4 is 0 Å². The van der Waals surface area contributed by atoms with Crippen LogP contribution in [0.5, 0.6) is 5.75 Å². The molecule has 0 bridgehead atoms. The lowest BCUT2D eigenvalue weighted by Gasteiger charge is -2.28. The van der Waals surface area contributed by atoms with E-state index in [0.29, 0.717) is 17.4 Å². The number of ether oxygens (including phenoxy) is 1. The van der Waals surface area contributed by atoms with Gasteiger partial charge in [-0.25, -0.2) is 13.2 Å². The molecule has 0 saturated heterocycles. The van der Waals surface area contributed by atoms with Crippen LogP contribution >= 0.6 is 0 Å². The zero-order valence-corrected chi connectivity index (χ0v) is 16.9. The van der Waals surface area contributed by atoms with Crippen LogP contribution in [0.15, 0.2) is 48.6 Å². The standard InChI is InChI=1S/C24H24F6O/c25-13-3-1-2-4-16-5-7-17(8-6-16)18-9-11-19(12-10-18)20-14-21(26)23(22(27)15-20)31-24(28,29)30/h1,3,9-12,14-17H,2,4-8,13H2/b3-1+. The summed E-state index contributed by atoms with van der Waals surface area (Å²) in [6.45, 7) is -0.423. The van der Waals surface area contributed by atoms with Gasteiger partial charge < -0.3 is 4.74 Å². The van der Waals surface area contributed by atoms with Crippen molar-refractivity contribution < 1.29 is 31.1 Å². The van der Waals surface area contributed by atoms with Crippen LogP contribution in [0, 0.1) is 17.6 Å². The number of rotatable bonds is 7. The lowest BCUT2D eigenvalue weighted by Crippen LogP contribution is -2.19. The summed E-state index contributed by atoms with van der Waals surface area (Å²) in [5.41, 5.74) is 1.78. The fourth-order valence-electron chi connectivity index (χ4n) is 4.18. The van der Waals surface area contributed by atoms with Crippen molar-refractivity contribution in [1.29, 1.82) is 0 Å². The molecule has 0 amide bonds. The van der Waals surface area contributed by atoms with Crippen LogP contribution in [-0.4, -0.2) is 13.0 Å². The van der Waals surface area contributed by atoms with Crippen molar-refractivity contribution in [3.63, 3.8) is 0 Å². The van der Waals surface area contributed by atoms with Gasteiger partial charge in [0.1, 0.15) is 6.67 Å². The van der Waals surface area contributed by atoms with Crippen molar-refractivity contribution in [3.05, 3.63) is 65.7 Å². The molecule has 0 unspecified atom stereocenters. The Morgan fingerprint density at radius 1 is 0.871 bits per heavy atom. The van der Waals surface area contributed by atoms with Gasteiger partial charge in [0.25, 0.3) is 0 Å². The van der Waals surface area contributed by atoms with E-state index in [1.54, 1.807) is 18.2 Å². The van der Waals surface area contributed by atoms with Gasteiger partial charge in [0.05, 0.1) is 0 Å². The van der Waals surface area contributed by atoms with Crippen molar-refractivity contribution in [2.75, 3.05) is 6.67 Å². The maximum atomic E-state index is 14.0. The van der Waals surface area contributed by atoms with Gasteiger partial charge in [-0.05, 0) is 79.2 Å². The van der Waals surface area contributed by atoms with E-state index in [0.717, 1.165) is 56.2 Å². The Kier molecular flexibility index (Phi) is 7.68. The number of allylic oxidation sites excluding steroid dienone is 2. The van der Waals surface area contributed by atoms with Crippen LogP contribution in [-0.2, 0) is 0 Å². The molecule has 0 N–H and O–H groups in total. The molecule has 7 heteroatoms. The molecular formula is C24H24F6O. The quantitative estimate of drug-likeness (QED) is 0.311. The summed E-state index contributed by atoms with van der Waals surface area (Å²) in [7, 11) is 0. The van der Waals surface area contributed by atoms with E-state index in [1.165, 1.54) is 0 Å². The molecule has 168 valence electrons. The largest absolute Gasteiger partial charge is 0.573 e. The van der Waals surface area contributed by atoms with Crippen LogP contribution in [0.4, 0.5) is 26.3 Å². The second-order valence-electron chi connectivity index (χ2n) is 7.86. The van der Waals surface area contributed by atoms with Gasteiger partial charge in [-0.1, -0.05) is 36.4 Å². The van der Waals surface area contributed by atoms with Gasteiger partial charge in [0.15, 0.2) is 11.6 Å². The van der Waals surface area contributed by atoms with E-state index in [1.807, 2.05) is 18.2 Å². The first-order valence-corrected chi connectivity index (χ1v) is 10.3. The third-order valence-electron chi connectivity index (χ3n) is 5.78. The van der Waals surface area contributed by atoms with Crippen LogP contribution in [0.2, 0.25) is 0 Å². The molecule has 3 rings (SSSR count). The van der Waals surface area contributed by atoms with E-state index in [2.05, 4.69) is 4.74 Å². The van der Waals surface area contributed by atoms with Crippen molar-refractivity contribution in [1.82, 2.24) is 0 Å². The predicted octanol–water partition coefficient (Wildman–Crippen LogP) is 8.11. The lowest BCUT2D eigenvalue weighted by molar-refractivity contribution is -0.276. The summed E-state index contributed by atoms with van der Waals surface area (Å²) < 4.78 is 80.3. The molecular weight excluding hydrogens is 418 g/mol. The normalized spacial score (nSPS) is 19.7. The second kappa shape index (κ2) is 10.2. The third-order valence-corrected chi connectivity index (χ3v) is 5.78. The predicted molar refractivity (Wildman–Crippen MR) is 108 cm³/mol. The molecule has 0 atom stereocenters. The SMILES string of the molecule is FC/C=C/CCC1CCC(c2ccc(-c3cc(F)c(OC(F)(F)F)c(F)c3)cc2)CC1. The highest BCUT2D eigenvalue weighted by molar-refractivity contribution is 5.65. The molecule has 0 aromatic heterocycles. The second-order valence-corrected chi connectivity index (χ2v) is 7.86. The Morgan fingerprint density at radius 2 is 1.48 bits per heavy atom. The molecule has 0 spiro atoms. The van der Waals surface area contributed by atoms with Gasteiger partial charge in [-0.2, -0.15) is 0 Å². The lowest BCUT2D eigenvalue weighted by atomic mass is 9.77. The van der Waals surface area contributed by atoms with Gasteiger partial charge in [0, 0.05) is 0 Å². The molecule has 2 aromatic carbocycles. The number of hydrogen-bond donors (Lipinski definition) is 0. The highest BCUT2D eigenvalue weighted by atomic mass is 19.4. The van der Waals surface area contributed by atoms with Crippen LogP contribution in [0.3, 0.4) is 0 Å². The highest BCUT2D eigenvalue weighted by Gasteiger charge is 2.34. The molecule has 1 fully saturated rings. The first kappa shape index (κ1) is 23.2. The molecule has 0 heterocycles. The Labute approximate surface area is 177 Å². The zero-order valence-electron chi connectivity index (χ0n) is 16.9. The first-order chi connectivity index (χ1) is 14.8. The summed E-state index contributed by atoms with van der Waals surface area (Å²) in [6, 6.07) is 8.92. The minimum atomic E-state index is -5.17. The van der Waals surface area contributed by atoms with Crippen molar-refractivity contribution in [2.24, 2.45) is 5.92 Å². The molecule has 1 aliphatic rings. The van der Waals surface area contributed by atoms with Gasteiger partial charge >= 0.3 is 6.36 Å². The maximum Gasteiger partial charge on any atom is 0.573 e. The zero-order chi connectivity index (χ0) is 22.4.